The van der Waals surface area contributed by atoms with Crippen LogP contribution >= 0.6 is 11.6 Å². The minimum absolute atomic E-state index is 0.0231. The Balaban J connectivity index is 2.70. The molecule has 1 aromatic carbocycles. The summed E-state index contributed by atoms with van der Waals surface area (Å²) in [5.74, 6) is 0. The summed E-state index contributed by atoms with van der Waals surface area (Å²) in [6.07, 6.45) is -5.26. The number of benzene rings is 1. The number of nitrogens with one attached hydrogen (secondary N) is 1. The molecule has 1 aromatic rings. The molecule has 1 N–H and O–H groups in total. The van der Waals surface area contributed by atoms with Crippen LogP contribution in [0.1, 0.15) is 18.9 Å². The molecule has 1 atom stereocenters. The van der Waals surface area contributed by atoms with Gasteiger partial charge in [-0.25, -0.2) is 0 Å². The molecule has 19 heavy (non-hydrogen) atoms. The van der Waals surface area contributed by atoms with Gasteiger partial charge in [0.2, 0.25) is 0 Å². The van der Waals surface area contributed by atoms with Crippen LogP contribution in [0.25, 0.3) is 0 Å². The minimum atomic E-state index is -4.27. The van der Waals surface area contributed by atoms with Gasteiger partial charge in [-0.1, -0.05) is 11.6 Å². The highest BCUT2D eigenvalue weighted by Crippen LogP contribution is 2.24. The molecular weight excluding hydrogens is 285 g/mol. The Hall–Kier alpha value is -1.34. The Morgan fingerprint density at radius 3 is 2.63 bits per heavy atom. The van der Waals surface area contributed by atoms with Gasteiger partial charge in [0.1, 0.15) is 0 Å². The van der Waals surface area contributed by atoms with Gasteiger partial charge in [-0.15, -0.1) is 0 Å². The van der Waals surface area contributed by atoms with Gasteiger partial charge in [0.05, 0.1) is 11.3 Å². The number of hydrogen-bond donors (Lipinski definition) is 1. The maximum atomic E-state index is 12.1. The molecule has 0 saturated heterocycles. The molecule has 0 saturated carbocycles. The van der Waals surface area contributed by atoms with Crippen molar-refractivity contribution in [2.45, 2.75) is 32.1 Å². The van der Waals surface area contributed by atoms with Crippen LogP contribution in [0.15, 0.2) is 18.2 Å². The number of halogens is 4. The standard InChI is InChI=1S/C11H12ClF3N2O2/c1-7(5-11(13,14)15)16-6-8-2-3-9(12)4-10(8)17(18)19/h2-4,7,16H,5-6H2,1H3. The second-order valence-electron chi connectivity index (χ2n) is 4.13. The fourth-order valence-electron chi connectivity index (χ4n) is 1.56. The third-order valence-corrected chi connectivity index (χ3v) is 2.66. The second kappa shape index (κ2) is 6.21. The van der Waals surface area contributed by atoms with Crippen molar-refractivity contribution in [3.8, 4) is 0 Å². The molecule has 0 amide bonds. The zero-order valence-corrected chi connectivity index (χ0v) is 10.8. The average molecular weight is 297 g/mol. The van der Waals surface area contributed by atoms with Crippen molar-refractivity contribution in [1.29, 1.82) is 0 Å². The molecule has 0 aliphatic rings. The van der Waals surface area contributed by atoms with Crippen LogP contribution in [-0.2, 0) is 6.54 Å². The summed E-state index contributed by atoms with van der Waals surface area (Å²) in [6, 6.07) is 3.23. The van der Waals surface area contributed by atoms with E-state index in [2.05, 4.69) is 5.32 Å². The van der Waals surface area contributed by atoms with E-state index in [1.54, 1.807) is 0 Å². The van der Waals surface area contributed by atoms with Crippen LogP contribution in [0.3, 0.4) is 0 Å². The average Bonchev–Trinajstić information content (AvgIpc) is 2.24. The number of nitro benzene ring substituents is 1. The number of alkyl halides is 3. The van der Waals surface area contributed by atoms with Gasteiger partial charge >= 0.3 is 6.18 Å². The summed E-state index contributed by atoms with van der Waals surface area (Å²) in [5.41, 5.74) is 0.0858. The van der Waals surface area contributed by atoms with Gasteiger partial charge in [-0.2, -0.15) is 13.2 Å². The van der Waals surface area contributed by atoms with E-state index >= 15 is 0 Å². The lowest BCUT2D eigenvalue weighted by molar-refractivity contribution is -0.385. The van der Waals surface area contributed by atoms with Crippen molar-refractivity contribution in [2.24, 2.45) is 0 Å². The van der Waals surface area contributed by atoms with Crippen LogP contribution in [0.4, 0.5) is 18.9 Å². The molecule has 4 nitrogen and oxygen atoms in total. The van der Waals surface area contributed by atoms with Gasteiger partial charge in [0, 0.05) is 29.2 Å². The number of nitrogens with zero attached hydrogens (tertiary/aromatic N) is 1. The van der Waals surface area contributed by atoms with Crippen LogP contribution in [0.5, 0.6) is 0 Å². The van der Waals surface area contributed by atoms with E-state index in [4.69, 9.17) is 11.6 Å². The SMILES string of the molecule is CC(CC(F)(F)F)NCc1ccc(Cl)cc1[N+](=O)[O-]. The van der Waals surface area contributed by atoms with E-state index in [0.29, 0.717) is 5.56 Å². The molecule has 0 bridgehead atoms. The van der Waals surface area contributed by atoms with Crippen molar-refractivity contribution in [1.82, 2.24) is 5.32 Å². The molecule has 8 heteroatoms. The molecule has 0 fully saturated rings. The fraction of sp³-hybridized carbons (Fsp3) is 0.455. The first-order valence-corrected chi connectivity index (χ1v) is 5.80. The molecular formula is C11H12ClF3N2O2. The van der Waals surface area contributed by atoms with Gasteiger partial charge in [-0.3, -0.25) is 10.1 Å². The fourth-order valence-corrected chi connectivity index (χ4v) is 1.73. The molecule has 0 spiro atoms. The number of rotatable bonds is 5. The van der Waals surface area contributed by atoms with Crippen molar-refractivity contribution >= 4 is 17.3 Å². The first kappa shape index (κ1) is 15.7. The van der Waals surface area contributed by atoms with E-state index in [-0.39, 0.29) is 17.3 Å². The van der Waals surface area contributed by atoms with Crippen molar-refractivity contribution in [3.63, 3.8) is 0 Å². The molecule has 0 aliphatic carbocycles. The van der Waals surface area contributed by atoms with E-state index < -0.39 is 23.6 Å². The van der Waals surface area contributed by atoms with Gasteiger partial charge < -0.3 is 5.32 Å². The topological polar surface area (TPSA) is 55.2 Å². The summed E-state index contributed by atoms with van der Waals surface area (Å²) in [6.45, 7) is 1.35. The van der Waals surface area contributed by atoms with Crippen LogP contribution < -0.4 is 5.32 Å². The van der Waals surface area contributed by atoms with Crippen LogP contribution in [0.2, 0.25) is 5.02 Å². The Kier molecular flexibility index (Phi) is 5.13. The smallest absolute Gasteiger partial charge is 0.310 e. The highest BCUT2D eigenvalue weighted by atomic mass is 35.5. The monoisotopic (exact) mass is 296 g/mol. The molecule has 1 rings (SSSR count). The number of hydrogen-bond acceptors (Lipinski definition) is 3. The second-order valence-corrected chi connectivity index (χ2v) is 4.57. The Labute approximate surface area is 112 Å². The summed E-state index contributed by atoms with van der Waals surface area (Å²) in [4.78, 5) is 10.2. The molecule has 0 aliphatic heterocycles. The quantitative estimate of drug-likeness (QED) is 0.666. The Morgan fingerprint density at radius 1 is 1.47 bits per heavy atom. The van der Waals surface area contributed by atoms with Gasteiger partial charge in [0.25, 0.3) is 5.69 Å². The number of nitro groups is 1. The maximum absolute atomic E-state index is 12.1. The third kappa shape index (κ3) is 5.44. The van der Waals surface area contributed by atoms with Crippen molar-refractivity contribution in [2.75, 3.05) is 0 Å². The van der Waals surface area contributed by atoms with E-state index in [0.717, 1.165) is 0 Å². The van der Waals surface area contributed by atoms with E-state index in [1.807, 2.05) is 0 Å². The lowest BCUT2D eigenvalue weighted by Gasteiger charge is -2.15. The summed E-state index contributed by atoms with van der Waals surface area (Å²) in [7, 11) is 0. The summed E-state index contributed by atoms with van der Waals surface area (Å²) >= 11 is 5.64. The first-order valence-electron chi connectivity index (χ1n) is 5.42. The minimum Gasteiger partial charge on any atom is -0.310 e. The lowest BCUT2D eigenvalue weighted by atomic mass is 10.1. The predicted octanol–water partition coefficient (Wildman–Crippen LogP) is 3.68. The Bertz CT molecular complexity index is 466. The largest absolute Gasteiger partial charge is 0.390 e. The van der Waals surface area contributed by atoms with Crippen LogP contribution in [0, 0.1) is 10.1 Å². The van der Waals surface area contributed by atoms with Gasteiger partial charge in [0.15, 0.2) is 0 Å². The highest BCUT2D eigenvalue weighted by Gasteiger charge is 2.29. The Morgan fingerprint density at radius 2 is 2.11 bits per heavy atom. The summed E-state index contributed by atoms with van der Waals surface area (Å²) < 4.78 is 36.4. The lowest BCUT2D eigenvalue weighted by Crippen LogP contribution is -2.30. The third-order valence-electron chi connectivity index (χ3n) is 2.42. The van der Waals surface area contributed by atoms with E-state index in [9.17, 15) is 23.3 Å². The predicted molar refractivity (Wildman–Crippen MR) is 65.1 cm³/mol. The van der Waals surface area contributed by atoms with Crippen molar-refractivity contribution in [3.05, 3.63) is 38.9 Å². The summed E-state index contributed by atoms with van der Waals surface area (Å²) in [5, 5.41) is 13.6. The maximum Gasteiger partial charge on any atom is 0.390 e. The van der Waals surface area contributed by atoms with Gasteiger partial charge in [-0.05, 0) is 19.1 Å². The molecule has 106 valence electrons. The highest BCUT2D eigenvalue weighted by molar-refractivity contribution is 6.30. The van der Waals surface area contributed by atoms with E-state index in [1.165, 1.54) is 25.1 Å². The normalized spacial score (nSPS) is 13.3. The molecule has 1 unspecified atom stereocenters. The molecule has 0 aromatic heterocycles. The molecule has 0 radical (unpaired) electrons. The van der Waals surface area contributed by atoms with Crippen LogP contribution in [-0.4, -0.2) is 17.1 Å². The van der Waals surface area contributed by atoms with Crippen molar-refractivity contribution < 1.29 is 18.1 Å². The zero-order valence-electron chi connectivity index (χ0n) is 10.00. The zero-order chi connectivity index (χ0) is 14.6. The first-order chi connectivity index (χ1) is 8.69. The molecule has 0 heterocycles.